The Bertz CT molecular complexity index is 525. The van der Waals surface area contributed by atoms with Crippen molar-refractivity contribution in [3.63, 3.8) is 0 Å². The summed E-state index contributed by atoms with van der Waals surface area (Å²) in [4.78, 5) is 12.1. The minimum Gasteiger partial charge on any atom is -0.482 e. The number of amides is 1. The van der Waals surface area contributed by atoms with E-state index < -0.39 is 18.2 Å². The lowest BCUT2D eigenvalue weighted by Gasteiger charge is -2.33. The zero-order valence-corrected chi connectivity index (χ0v) is 11.3. The molecule has 1 aliphatic carbocycles. The predicted molar refractivity (Wildman–Crippen MR) is 71.1 cm³/mol. The van der Waals surface area contributed by atoms with Gasteiger partial charge in [-0.25, -0.2) is 5.43 Å². The molecule has 1 aromatic rings. The molecular weight excluding hydrogens is 284 g/mol. The molecule has 7 heteroatoms. The van der Waals surface area contributed by atoms with Crippen LogP contribution in [0.5, 0.6) is 5.75 Å². The van der Waals surface area contributed by atoms with Gasteiger partial charge in [-0.05, 0) is 18.6 Å². The third-order valence-electron chi connectivity index (χ3n) is 3.74. The van der Waals surface area contributed by atoms with Gasteiger partial charge in [0, 0.05) is 0 Å². The van der Waals surface area contributed by atoms with E-state index in [1.54, 1.807) is 24.3 Å². The molecule has 0 unspecified atom stereocenters. The number of carbonyl (C=O) groups is 1. The van der Waals surface area contributed by atoms with Crippen molar-refractivity contribution >= 4 is 17.5 Å². The summed E-state index contributed by atoms with van der Waals surface area (Å²) in [5.74, 6) is 0.135. The monoisotopic (exact) mass is 298 g/mol. The van der Waals surface area contributed by atoms with Crippen LogP contribution < -0.4 is 10.2 Å². The van der Waals surface area contributed by atoms with Crippen LogP contribution in [0.4, 0.5) is 0 Å². The number of carbonyl (C=O) groups excluding carboxylic acids is 1. The first kappa shape index (κ1) is 13.6. The first-order valence-corrected chi connectivity index (χ1v) is 6.77. The molecule has 1 saturated heterocycles. The Hall–Kier alpha value is -1.34. The second kappa shape index (κ2) is 5.21. The molecule has 0 aromatic heterocycles. The molecule has 6 nitrogen and oxygen atoms in total. The fourth-order valence-electron chi connectivity index (χ4n) is 2.69. The maximum absolute atomic E-state index is 12.1. The van der Waals surface area contributed by atoms with Crippen molar-refractivity contribution in [3.05, 3.63) is 29.3 Å². The van der Waals surface area contributed by atoms with Crippen LogP contribution in [0.3, 0.4) is 0 Å². The molecule has 1 saturated carbocycles. The van der Waals surface area contributed by atoms with E-state index in [0.717, 1.165) is 0 Å². The van der Waals surface area contributed by atoms with Gasteiger partial charge in [0.05, 0.1) is 23.2 Å². The summed E-state index contributed by atoms with van der Waals surface area (Å²) in [7, 11) is 0. The van der Waals surface area contributed by atoms with E-state index in [1.165, 1.54) is 5.01 Å². The maximum Gasteiger partial charge on any atom is 0.274 e. The molecule has 20 heavy (non-hydrogen) atoms. The number of aliphatic hydroxyl groups excluding tert-OH is 2. The summed E-state index contributed by atoms with van der Waals surface area (Å²) in [6.07, 6.45) is -1.20. The minimum absolute atomic E-state index is 0.178. The maximum atomic E-state index is 12.1. The number of hydrogen-bond donors (Lipinski definition) is 3. The van der Waals surface area contributed by atoms with Crippen LogP contribution in [0.25, 0.3) is 0 Å². The Balaban J connectivity index is 1.60. The van der Waals surface area contributed by atoms with Crippen LogP contribution in [0.15, 0.2) is 24.3 Å². The summed E-state index contributed by atoms with van der Waals surface area (Å²) < 4.78 is 5.37. The number of rotatable bonds is 3. The molecule has 1 aliphatic heterocycles. The van der Waals surface area contributed by atoms with E-state index in [4.69, 9.17) is 16.3 Å². The van der Waals surface area contributed by atoms with Gasteiger partial charge in [0.1, 0.15) is 11.9 Å². The van der Waals surface area contributed by atoms with E-state index in [0.29, 0.717) is 17.2 Å². The van der Waals surface area contributed by atoms with Gasteiger partial charge in [0.15, 0.2) is 6.61 Å². The number of halogens is 1. The normalized spacial score (nSPS) is 31.6. The highest BCUT2D eigenvalue weighted by Crippen LogP contribution is 2.31. The zero-order chi connectivity index (χ0) is 14.3. The van der Waals surface area contributed by atoms with E-state index in [1.807, 2.05) is 0 Å². The Morgan fingerprint density at radius 2 is 2.15 bits per heavy atom. The van der Waals surface area contributed by atoms with Crippen LogP contribution in [0.2, 0.25) is 5.02 Å². The predicted octanol–water partition coefficient (Wildman–Crippen LogP) is -0.0717. The summed E-state index contributed by atoms with van der Waals surface area (Å²) in [6, 6.07) is 6.21. The van der Waals surface area contributed by atoms with Crippen LogP contribution in [0.1, 0.15) is 6.42 Å². The standard InChI is InChI=1S/C13H15ClN2O4/c14-7-3-1-2-4-10(7)20-6-11(17)16-9-5-8(15-16)12(18)13(9)19/h1-4,8-9,12-13,15,18-19H,5-6H2/t8-,9+,12+,13-/m1/s1. The van der Waals surface area contributed by atoms with E-state index in [-0.39, 0.29) is 18.6 Å². The average Bonchev–Trinajstić information content (AvgIpc) is 2.99. The Kier molecular flexibility index (Phi) is 3.55. The van der Waals surface area contributed by atoms with E-state index in [2.05, 4.69) is 5.43 Å². The molecule has 0 radical (unpaired) electrons. The van der Waals surface area contributed by atoms with Gasteiger partial charge in [0.25, 0.3) is 5.91 Å². The van der Waals surface area contributed by atoms with Crippen LogP contribution >= 0.6 is 11.6 Å². The van der Waals surface area contributed by atoms with Gasteiger partial charge in [-0.15, -0.1) is 0 Å². The van der Waals surface area contributed by atoms with Crippen LogP contribution in [-0.2, 0) is 4.79 Å². The molecule has 3 N–H and O–H groups in total. The zero-order valence-electron chi connectivity index (χ0n) is 10.6. The van der Waals surface area contributed by atoms with Crippen molar-refractivity contribution in [2.45, 2.75) is 30.7 Å². The van der Waals surface area contributed by atoms with Crippen molar-refractivity contribution in [2.75, 3.05) is 6.61 Å². The molecule has 0 spiro atoms. The molecule has 4 atom stereocenters. The van der Waals surface area contributed by atoms with Gasteiger partial charge in [-0.1, -0.05) is 23.7 Å². The number of hydrogen-bond acceptors (Lipinski definition) is 5. The number of nitrogens with zero attached hydrogens (tertiary/aromatic N) is 1. The quantitative estimate of drug-likeness (QED) is 0.728. The molecule has 108 valence electrons. The Morgan fingerprint density at radius 3 is 2.80 bits per heavy atom. The number of benzene rings is 1. The van der Waals surface area contributed by atoms with Crippen LogP contribution in [-0.4, -0.2) is 52.0 Å². The molecule has 1 aromatic carbocycles. The van der Waals surface area contributed by atoms with E-state index in [9.17, 15) is 15.0 Å². The number of hydrazine groups is 1. The largest absolute Gasteiger partial charge is 0.482 e. The first-order valence-electron chi connectivity index (χ1n) is 6.39. The minimum atomic E-state index is -0.912. The van der Waals surface area contributed by atoms with Gasteiger partial charge >= 0.3 is 0 Å². The number of fused-ring (bicyclic) bond motifs is 2. The fourth-order valence-corrected chi connectivity index (χ4v) is 2.88. The summed E-state index contributed by atoms with van der Waals surface area (Å²) >= 11 is 5.93. The Labute approximate surface area is 120 Å². The van der Waals surface area contributed by atoms with Gasteiger partial charge in [-0.2, -0.15) is 0 Å². The smallest absolute Gasteiger partial charge is 0.274 e. The highest BCUT2D eigenvalue weighted by Gasteiger charge is 2.52. The third-order valence-corrected chi connectivity index (χ3v) is 4.06. The first-order chi connectivity index (χ1) is 9.58. The molecule has 3 rings (SSSR count). The highest BCUT2D eigenvalue weighted by molar-refractivity contribution is 6.32. The van der Waals surface area contributed by atoms with Crippen LogP contribution in [0, 0.1) is 0 Å². The summed E-state index contributed by atoms with van der Waals surface area (Å²) in [5, 5.41) is 21.2. The number of nitrogens with one attached hydrogen (secondary N) is 1. The third kappa shape index (κ3) is 2.25. The van der Waals surface area contributed by atoms with Crippen molar-refractivity contribution in [2.24, 2.45) is 0 Å². The van der Waals surface area contributed by atoms with Crippen molar-refractivity contribution in [1.29, 1.82) is 0 Å². The van der Waals surface area contributed by atoms with Gasteiger partial charge in [-0.3, -0.25) is 9.80 Å². The lowest BCUT2D eigenvalue weighted by atomic mass is 10.1. The fraction of sp³-hybridized carbons (Fsp3) is 0.462. The van der Waals surface area contributed by atoms with Crippen molar-refractivity contribution in [3.8, 4) is 5.75 Å². The lowest BCUT2D eigenvalue weighted by Crippen LogP contribution is -2.59. The number of ether oxygens (including phenoxy) is 1. The molecule has 2 bridgehead atoms. The molecular formula is C13H15ClN2O4. The number of para-hydroxylation sites is 1. The lowest BCUT2D eigenvalue weighted by molar-refractivity contribution is -0.146. The second-order valence-electron chi connectivity index (χ2n) is 5.00. The molecule has 1 amide bonds. The molecule has 2 aliphatic rings. The topological polar surface area (TPSA) is 82.0 Å². The Morgan fingerprint density at radius 1 is 1.40 bits per heavy atom. The second-order valence-corrected chi connectivity index (χ2v) is 5.41. The molecule has 1 heterocycles. The van der Waals surface area contributed by atoms with Gasteiger partial charge < -0.3 is 14.9 Å². The highest BCUT2D eigenvalue weighted by atomic mass is 35.5. The van der Waals surface area contributed by atoms with E-state index >= 15 is 0 Å². The average molecular weight is 299 g/mol. The number of aliphatic hydroxyl groups is 2. The van der Waals surface area contributed by atoms with Gasteiger partial charge in [0.2, 0.25) is 0 Å². The van der Waals surface area contributed by atoms with Crippen molar-refractivity contribution in [1.82, 2.24) is 10.4 Å². The van der Waals surface area contributed by atoms with Crippen molar-refractivity contribution < 1.29 is 19.7 Å². The SMILES string of the molecule is O=C(COc1ccccc1Cl)N1N[C@@H]2C[C@H]1[C@@H](O)[C@H]2O. The summed E-state index contributed by atoms with van der Waals surface area (Å²) in [6.45, 7) is -0.178. The summed E-state index contributed by atoms with van der Waals surface area (Å²) in [5.41, 5.74) is 2.88. The molecule has 2 fully saturated rings.